The van der Waals surface area contributed by atoms with E-state index < -0.39 is 24.2 Å². The van der Waals surface area contributed by atoms with Gasteiger partial charge in [-0.1, -0.05) is 78.9 Å². The number of carbonyl (C=O) groups is 3. The maximum atomic E-state index is 12.7. The molecule has 2 N–H and O–H groups in total. The van der Waals surface area contributed by atoms with Crippen LogP contribution < -0.4 is 5.32 Å². The van der Waals surface area contributed by atoms with Crippen molar-refractivity contribution in [2.45, 2.75) is 18.6 Å². The molecule has 0 aliphatic heterocycles. The Morgan fingerprint density at radius 3 is 2.06 bits per heavy atom. The number of hydrogen-bond acceptors (Lipinski definition) is 5. The summed E-state index contributed by atoms with van der Waals surface area (Å²) in [5.74, 6) is -1.42. The highest BCUT2D eigenvalue weighted by Crippen LogP contribution is 2.44. The van der Waals surface area contributed by atoms with Crippen LogP contribution >= 0.6 is 0 Å². The molecule has 8 nitrogen and oxygen atoms in total. The first-order valence-electron chi connectivity index (χ1n) is 11.2. The van der Waals surface area contributed by atoms with Crippen LogP contribution in [0.25, 0.3) is 11.1 Å². The lowest BCUT2D eigenvalue weighted by Crippen LogP contribution is -2.49. The summed E-state index contributed by atoms with van der Waals surface area (Å²) in [7, 11) is 1.33. The summed E-state index contributed by atoms with van der Waals surface area (Å²) < 4.78 is 10.6. The third kappa shape index (κ3) is 5.43. The summed E-state index contributed by atoms with van der Waals surface area (Å²) in [6.45, 7) is -0.216. The van der Waals surface area contributed by atoms with Crippen molar-refractivity contribution in [3.63, 3.8) is 0 Å². The first kappa shape index (κ1) is 23.8. The van der Waals surface area contributed by atoms with Gasteiger partial charge in [-0.3, -0.25) is 4.90 Å². The van der Waals surface area contributed by atoms with Gasteiger partial charge in [0.1, 0.15) is 19.3 Å². The number of rotatable bonds is 8. The maximum absolute atomic E-state index is 12.7. The Morgan fingerprint density at radius 2 is 1.46 bits per heavy atom. The van der Waals surface area contributed by atoms with Crippen molar-refractivity contribution in [1.29, 1.82) is 0 Å². The highest BCUT2D eigenvalue weighted by Gasteiger charge is 2.32. The van der Waals surface area contributed by atoms with Crippen LogP contribution in [0.2, 0.25) is 0 Å². The largest absolute Gasteiger partial charge is 0.480 e. The van der Waals surface area contributed by atoms with Crippen molar-refractivity contribution in [2.24, 2.45) is 0 Å². The third-order valence-electron chi connectivity index (χ3n) is 6.03. The molecule has 0 spiro atoms. The lowest BCUT2D eigenvalue weighted by molar-refractivity contribution is -0.142. The van der Waals surface area contributed by atoms with E-state index in [4.69, 9.17) is 9.47 Å². The molecule has 0 fully saturated rings. The molecule has 4 rings (SSSR count). The summed E-state index contributed by atoms with van der Waals surface area (Å²) in [5.41, 5.74) is 5.11. The molecule has 0 aromatic heterocycles. The van der Waals surface area contributed by atoms with Gasteiger partial charge in [-0.2, -0.15) is 0 Å². The fourth-order valence-corrected chi connectivity index (χ4v) is 4.17. The molecule has 1 atom stereocenters. The zero-order valence-electron chi connectivity index (χ0n) is 19.2. The van der Waals surface area contributed by atoms with Crippen LogP contribution in [-0.4, -0.2) is 54.4 Å². The van der Waals surface area contributed by atoms with Crippen molar-refractivity contribution >= 4 is 18.2 Å². The second kappa shape index (κ2) is 10.7. The first-order chi connectivity index (χ1) is 17.0. The summed E-state index contributed by atoms with van der Waals surface area (Å²) in [5, 5.41) is 12.0. The van der Waals surface area contributed by atoms with Gasteiger partial charge >= 0.3 is 18.2 Å². The number of amides is 2. The smallest absolute Gasteiger partial charge is 0.410 e. The summed E-state index contributed by atoms with van der Waals surface area (Å²) in [6, 6.07) is 23.7. The standard InChI is InChI=1S/C27H26N2O6/c1-29(24(25(30)31)15-28-26(32)34-16-18-9-3-2-4-10-18)27(33)35-17-23-21-13-7-5-11-19(21)20-12-6-8-14-22(20)23/h2-14,23-24H,15-17H2,1H3,(H,28,32)(H,30,31)/t24-/m0/s1. The number of nitrogens with zero attached hydrogens (tertiary/aromatic N) is 1. The number of carboxylic acids is 1. The molecule has 180 valence electrons. The summed E-state index contributed by atoms with van der Waals surface area (Å²) in [6.07, 6.45) is -1.57. The van der Waals surface area contributed by atoms with Crippen LogP contribution in [0.5, 0.6) is 0 Å². The normalized spacial score (nSPS) is 12.7. The molecule has 3 aromatic carbocycles. The Bertz CT molecular complexity index is 1170. The van der Waals surface area contributed by atoms with Crippen molar-refractivity contribution < 1.29 is 29.0 Å². The van der Waals surface area contributed by atoms with Crippen LogP contribution in [0.3, 0.4) is 0 Å². The molecule has 3 aromatic rings. The van der Waals surface area contributed by atoms with Crippen LogP contribution in [0.15, 0.2) is 78.9 Å². The van der Waals surface area contributed by atoms with Crippen LogP contribution in [0, 0.1) is 0 Å². The number of hydrogen-bond donors (Lipinski definition) is 2. The Labute approximate surface area is 203 Å². The maximum Gasteiger partial charge on any atom is 0.410 e. The SMILES string of the molecule is CN(C(=O)OCC1c2ccccc2-c2ccccc21)[C@@H](CNC(=O)OCc1ccccc1)C(=O)O. The van der Waals surface area contributed by atoms with Crippen molar-refractivity contribution in [2.75, 3.05) is 20.2 Å². The van der Waals surface area contributed by atoms with Gasteiger partial charge in [0, 0.05) is 13.0 Å². The van der Waals surface area contributed by atoms with Gasteiger partial charge in [0.15, 0.2) is 0 Å². The number of alkyl carbamates (subject to hydrolysis) is 1. The Morgan fingerprint density at radius 1 is 0.886 bits per heavy atom. The zero-order valence-corrected chi connectivity index (χ0v) is 19.2. The van der Waals surface area contributed by atoms with E-state index in [0.717, 1.165) is 32.7 Å². The van der Waals surface area contributed by atoms with Gasteiger partial charge in [0.25, 0.3) is 0 Å². The average Bonchev–Trinajstić information content (AvgIpc) is 3.20. The molecule has 0 bridgehead atoms. The van der Waals surface area contributed by atoms with Crippen LogP contribution in [0.4, 0.5) is 9.59 Å². The number of fused-ring (bicyclic) bond motifs is 3. The molecular weight excluding hydrogens is 448 g/mol. The van der Waals surface area contributed by atoms with Crippen LogP contribution in [0.1, 0.15) is 22.6 Å². The summed E-state index contributed by atoms with van der Waals surface area (Å²) in [4.78, 5) is 37.5. The second-order valence-electron chi connectivity index (χ2n) is 8.21. The number of carbonyl (C=O) groups excluding carboxylic acids is 2. The third-order valence-corrected chi connectivity index (χ3v) is 6.03. The van der Waals surface area contributed by atoms with E-state index in [1.807, 2.05) is 66.7 Å². The summed E-state index contributed by atoms with van der Waals surface area (Å²) >= 11 is 0. The molecule has 0 unspecified atom stereocenters. The molecule has 1 aliphatic rings. The van der Waals surface area contributed by atoms with E-state index in [-0.39, 0.29) is 25.7 Å². The Hall–Kier alpha value is -4.33. The molecule has 1 aliphatic carbocycles. The average molecular weight is 475 g/mol. The number of nitrogens with one attached hydrogen (secondary N) is 1. The van der Waals surface area contributed by atoms with E-state index in [1.54, 1.807) is 12.1 Å². The number of likely N-dealkylation sites (N-methyl/N-ethyl adjacent to an activating group) is 1. The van der Waals surface area contributed by atoms with E-state index in [9.17, 15) is 19.5 Å². The topological polar surface area (TPSA) is 105 Å². The minimum absolute atomic E-state index is 0.0482. The molecule has 0 radical (unpaired) electrons. The predicted molar refractivity (Wildman–Crippen MR) is 129 cm³/mol. The molecule has 8 heteroatoms. The van der Waals surface area contributed by atoms with Gasteiger partial charge < -0.3 is 19.9 Å². The van der Waals surface area contributed by atoms with Crippen molar-refractivity contribution in [3.8, 4) is 11.1 Å². The molecule has 2 amide bonds. The van der Waals surface area contributed by atoms with Gasteiger partial charge in [0.05, 0.1) is 6.54 Å². The highest BCUT2D eigenvalue weighted by atomic mass is 16.6. The predicted octanol–water partition coefficient (Wildman–Crippen LogP) is 4.25. The van der Waals surface area contributed by atoms with Crippen LogP contribution in [-0.2, 0) is 20.9 Å². The van der Waals surface area contributed by atoms with Crippen molar-refractivity contribution in [3.05, 3.63) is 95.6 Å². The zero-order chi connectivity index (χ0) is 24.8. The Kier molecular flexibility index (Phi) is 7.30. The van der Waals surface area contributed by atoms with Crippen molar-refractivity contribution in [1.82, 2.24) is 10.2 Å². The van der Waals surface area contributed by atoms with E-state index in [2.05, 4.69) is 5.32 Å². The lowest BCUT2D eigenvalue weighted by atomic mass is 9.98. The molecular formula is C27H26N2O6. The van der Waals surface area contributed by atoms with Gasteiger partial charge in [-0.25, -0.2) is 14.4 Å². The van der Waals surface area contributed by atoms with E-state index >= 15 is 0 Å². The number of carboxylic acid groups (broad SMARTS) is 1. The quantitative estimate of drug-likeness (QED) is 0.506. The second-order valence-corrected chi connectivity index (χ2v) is 8.21. The molecule has 0 saturated carbocycles. The fraction of sp³-hybridized carbons (Fsp3) is 0.222. The molecule has 35 heavy (non-hydrogen) atoms. The molecule has 0 heterocycles. The van der Waals surface area contributed by atoms with Gasteiger partial charge in [0.2, 0.25) is 0 Å². The Balaban J connectivity index is 1.33. The lowest BCUT2D eigenvalue weighted by Gasteiger charge is -2.25. The highest BCUT2D eigenvalue weighted by molar-refractivity contribution is 5.81. The fourth-order valence-electron chi connectivity index (χ4n) is 4.17. The van der Waals surface area contributed by atoms with E-state index in [0.29, 0.717) is 0 Å². The molecule has 0 saturated heterocycles. The first-order valence-corrected chi connectivity index (χ1v) is 11.2. The van der Waals surface area contributed by atoms with Gasteiger partial charge in [-0.05, 0) is 27.8 Å². The number of ether oxygens (including phenoxy) is 2. The number of aliphatic carboxylic acids is 1. The van der Waals surface area contributed by atoms with Gasteiger partial charge in [-0.15, -0.1) is 0 Å². The minimum atomic E-state index is -1.32. The number of benzene rings is 3. The van der Waals surface area contributed by atoms with E-state index in [1.165, 1.54) is 7.05 Å². The minimum Gasteiger partial charge on any atom is -0.480 e. The monoisotopic (exact) mass is 474 g/mol.